The predicted octanol–water partition coefficient (Wildman–Crippen LogP) is 1.82. The average molecular weight is 309 g/mol. The van der Waals surface area contributed by atoms with Crippen molar-refractivity contribution in [2.24, 2.45) is 0 Å². The van der Waals surface area contributed by atoms with Crippen LogP contribution in [0.15, 0.2) is 45.9 Å². The lowest BCUT2D eigenvalue weighted by Crippen LogP contribution is -2.23. The molecule has 0 aliphatic heterocycles. The van der Waals surface area contributed by atoms with Crippen LogP contribution in [-0.4, -0.2) is 20.6 Å². The molecule has 1 aromatic heterocycles. The van der Waals surface area contributed by atoms with Gasteiger partial charge in [0.05, 0.1) is 17.6 Å². The molecule has 0 saturated carbocycles. The number of sulfonamides is 1. The molecule has 0 saturated heterocycles. The maximum absolute atomic E-state index is 12.3. The van der Waals surface area contributed by atoms with Crippen LogP contribution in [0, 0.1) is 0 Å². The first-order valence-electron chi connectivity index (χ1n) is 6.73. The van der Waals surface area contributed by atoms with Crippen molar-refractivity contribution < 1.29 is 12.9 Å². The van der Waals surface area contributed by atoms with Crippen molar-refractivity contribution in [3.05, 3.63) is 47.9 Å². The summed E-state index contributed by atoms with van der Waals surface area (Å²) in [4.78, 5) is 0.244. The average Bonchev–Trinajstić information content (AvgIpc) is 3.00. The molecule has 7 heteroatoms. The second-order valence-corrected chi connectivity index (χ2v) is 6.39. The molecule has 2 rings (SSSR count). The maximum Gasteiger partial charge on any atom is 0.240 e. The van der Waals surface area contributed by atoms with Crippen LogP contribution in [0.5, 0.6) is 0 Å². The molecule has 0 bridgehead atoms. The lowest BCUT2D eigenvalue weighted by Gasteiger charge is -2.15. The van der Waals surface area contributed by atoms with Crippen LogP contribution in [-0.2, 0) is 16.6 Å². The molecule has 1 aromatic carbocycles. The highest BCUT2D eigenvalue weighted by molar-refractivity contribution is 7.89. The summed E-state index contributed by atoms with van der Waals surface area (Å²) >= 11 is 0. The number of benzene rings is 1. The van der Waals surface area contributed by atoms with Gasteiger partial charge in [0.25, 0.3) is 0 Å². The SMILES string of the molecule is CCC(NC)c1cccc(S(=O)(=O)NCc2ccno2)c1. The van der Waals surface area contributed by atoms with Gasteiger partial charge in [0.2, 0.25) is 10.0 Å². The van der Waals surface area contributed by atoms with Gasteiger partial charge in [0, 0.05) is 12.1 Å². The minimum absolute atomic E-state index is 0.0792. The first kappa shape index (κ1) is 15.7. The summed E-state index contributed by atoms with van der Waals surface area (Å²) in [6.07, 6.45) is 2.36. The van der Waals surface area contributed by atoms with Gasteiger partial charge in [-0.1, -0.05) is 24.2 Å². The van der Waals surface area contributed by atoms with E-state index in [9.17, 15) is 8.42 Å². The summed E-state index contributed by atoms with van der Waals surface area (Å²) in [7, 11) is -1.72. The Hall–Kier alpha value is -1.70. The van der Waals surface area contributed by atoms with E-state index in [-0.39, 0.29) is 17.5 Å². The van der Waals surface area contributed by atoms with Crippen LogP contribution < -0.4 is 10.0 Å². The van der Waals surface area contributed by atoms with Crippen molar-refractivity contribution in [2.45, 2.75) is 30.8 Å². The minimum Gasteiger partial charge on any atom is -0.360 e. The Labute approximate surface area is 124 Å². The van der Waals surface area contributed by atoms with Gasteiger partial charge in [-0.05, 0) is 31.2 Å². The Kier molecular flexibility index (Phi) is 5.11. The maximum atomic E-state index is 12.3. The second-order valence-electron chi connectivity index (χ2n) is 4.63. The fraction of sp³-hybridized carbons (Fsp3) is 0.357. The number of aromatic nitrogens is 1. The Balaban J connectivity index is 2.17. The minimum atomic E-state index is -3.57. The highest BCUT2D eigenvalue weighted by Gasteiger charge is 2.16. The third-order valence-electron chi connectivity index (χ3n) is 3.26. The smallest absolute Gasteiger partial charge is 0.240 e. The molecule has 0 fully saturated rings. The number of nitrogens with one attached hydrogen (secondary N) is 2. The molecular weight excluding hydrogens is 290 g/mol. The van der Waals surface area contributed by atoms with Crippen molar-refractivity contribution >= 4 is 10.0 Å². The highest BCUT2D eigenvalue weighted by Crippen LogP contribution is 2.20. The first-order valence-corrected chi connectivity index (χ1v) is 8.21. The molecule has 0 radical (unpaired) electrons. The third kappa shape index (κ3) is 3.90. The topological polar surface area (TPSA) is 84.2 Å². The molecule has 2 aromatic rings. The summed E-state index contributed by atoms with van der Waals surface area (Å²) in [5, 5.41) is 6.70. The largest absolute Gasteiger partial charge is 0.360 e. The van der Waals surface area contributed by atoms with E-state index in [0.29, 0.717) is 5.76 Å². The predicted molar refractivity (Wildman–Crippen MR) is 79.1 cm³/mol. The van der Waals surface area contributed by atoms with E-state index in [0.717, 1.165) is 12.0 Å². The molecule has 1 heterocycles. The summed E-state index contributed by atoms with van der Waals surface area (Å²) < 4.78 is 31.9. The molecule has 6 nitrogen and oxygen atoms in total. The lowest BCUT2D eigenvalue weighted by molar-refractivity contribution is 0.380. The van der Waals surface area contributed by atoms with Crippen molar-refractivity contribution in [1.29, 1.82) is 0 Å². The molecular formula is C14H19N3O3S. The summed E-state index contributed by atoms with van der Waals surface area (Å²) in [5.74, 6) is 0.469. The van der Waals surface area contributed by atoms with Crippen molar-refractivity contribution in [3.8, 4) is 0 Å². The molecule has 0 amide bonds. The van der Waals surface area contributed by atoms with Crippen LogP contribution >= 0.6 is 0 Å². The van der Waals surface area contributed by atoms with Gasteiger partial charge in [-0.3, -0.25) is 0 Å². The highest BCUT2D eigenvalue weighted by atomic mass is 32.2. The number of nitrogens with zero attached hydrogens (tertiary/aromatic N) is 1. The van der Waals surface area contributed by atoms with E-state index in [1.165, 1.54) is 6.20 Å². The molecule has 2 N–H and O–H groups in total. The van der Waals surface area contributed by atoms with Gasteiger partial charge in [-0.15, -0.1) is 0 Å². The zero-order valence-corrected chi connectivity index (χ0v) is 12.9. The number of hydrogen-bond acceptors (Lipinski definition) is 5. The van der Waals surface area contributed by atoms with Gasteiger partial charge < -0.3 is 9.84 Å². The fourth-order valence-electron chi connectivity index (χ4n) is 2.09. The molecule has 1 unspecified atom stereocenters. The van der Waals surface area contributed by atoms with Crippen LogP contribution in [0.4, 0.5) is 0 Å². The quantitative estimate of drug-likeness (QED) is 0.815. The number of rotatable bonds is 7. The van der Waals surface area contributed by atoms with Crippen LogP contribution in [0.25, 0.3) is 0 Å². The van der Waals surface area contributed by atoms with Gasteiger partial charge in [-0.25, -0.2) is 13.1 Å². The summed E-state index contributed by atoms with van der Waals surface area (Å²) in [6, 6.07) is 8.68. The zero-order chi connectivity index (χ0) is 15.3. The van der Waals surface area contributed by atoms with Gasteiger partial charge >= 0.3 is 0 Å². The van der Waals surface area contributed by atoms with E-state index in [1.807, 2.05) is 20.0 Å². The Bertz CT molecular complexity index is 665. The van der Waals surface area contributed by atoms with Gasteiger partial charge in [-0.2, -0.15) is 0 Å². The molecule has 0 aliphatic rings. The summed E-state index contributed by atoms with van der Waals surface area (Å²) in [6.45, 7) is 2.13. The van der Waals surface area contributed by atoms with E-state index in [1.54, 1.807) is 24.3 Å². The van der Waals surface area contributed by atoms with Crippen LogP contribution in [0.1, 0.15) is 30.7 Å². The fourth-order valence-corrected chi connectivity index (χ4v) is 3.14. The molecule has 0 spiro atoms. The molecule has 114 valence electrons. The Morgan fingerprint density at radius 2 is 2.14 bits per heavy atom. The standard InChI is InChI=1S/C14H19N3O3S/c1-3-14(15-2)11-5-4-6-13(9-11)21(18,19)17-10-12-7-8-16-20-12/h4-9,14-15,17H,3,10H2,1-2H3. The lowest BCUT2D eigenvalue weighted by atomic mass is 10.1. The van der Waals surface area contributed by atoms with Crippen LogP contribution in [0.2, 0.25) is 0 Å². The van der Waals surface area contributed by atoms with Crippen molar-refractivity contribution in [1.82, 2.24) is 15.2 Å². The monoisotopic (exact) mass is 309 g/mol. The zero-order valence-electron chi connectivity index (χ0n) is 12.0. The van der Waals surface area contributed by atoms with Crippen molar-refractivity contribution in [2.75, 3.05) is 7.05 Å². The van der Waals surface area contributed by atoms with E-state index in [4.69, 9.17) is 4.52 Å². The second kappa shape index (κ2) is 6.84. The summed E-state index contributed by atoms with van der Waals surface area (Å²) in [5.41, 5.74) is 0.947. The normalized spacial score (nSPS) is 13.2. The number of hydrogen-bond donors (Lipinski definition) is 2. The molecule has 21 heavy (non-hydrogen) atoms. The Morgan fingerprint density at radius 3 is 2.76 bits per heavy atom. The first-order chi connectivity index (χ1) is 10.1. The van der Waals surface area contributed by atoms with Crippen LogP contribution in [0.3, 0.4) is 0 Å². The van der Waals surface area contributed by atoms with E-state index < -0.39 is 10.0 Å². The third-order valence-corrected chi connectivity index (χ3v) is 4.65. The Morgan fingerprint density at radius 1 is 1.33 bits per heavy atom. The molecule has 1 atom stereocenters. The van der Waals surface area contributed by atoms with E-state index in [2.05, 4.69) is 15.2 Å². The van der Waals surface area contributed by atoms with E-state index >= 15 is 0 Å². The van der Waals surface area contributed by atoms with Crippen molar-refractivity contribution in [3.63, 3.8) is 0 Å². The van der Waals surface area contributed by atoms with Gasteiger partial charge in [0.1, 0.15) is 0 Å². The van der Waals surface area contributed by atoms with Gasteiger partial charge in [0.15, 0.2) is 5.76 Å². The molecule has 0 aliphatic carbocycles.